The predicted octanol–water partition coefficient (Wildman–Crippen LogP) is 5.95. The number of anilines is 1. The van der Waals surface area contributed by atoms with Gasteiger partial charge in [-0.05, 0) is 54.2 Å². The van der Waals surface area contributed by atoms with Crippen LogP contribution in [0.15, 0.2) is 47.8 Å². The molecule has 1 aromatic heterocycles. The Hall–Kier alpha value is -2.90. The molecule has 34 heavy (non-hydrogen) atoms. The molecule has 1 atom stereocenters. The Morgan fingerprint density at radius 1 is 1.15 bits per heavy atom. The molecule has 0 saturated carbocycles. The smallest absolute Gasteiger partial charge is 0.260 e. The lowest BCUT2D eigenvalue weighted by atomic mass is 9.86. The van der Waals surface area contributed by atoms with Crippen molar-refractivity contribution in [3.63, 3.8) is 0 Å². The maximum atomic E-state index is 13.7. The Morgan fingerprint density at radius 2 is 1.91 bits per heavy atom. The maximum absolute atomic E-state index is 13.7. The highest BCUT2D eigenvalue weighted by Crippen LogP contribution is 2.36. The average molecular weight is 481 g/mol. The molecule has 1 aliphatic heterocycles. The van der Waals surface area contributed by atoms with Crippen LogP contribution in [0.4, 0.5) is 5.13 Å². The number of benzene rings is 2. The second kappa shape index (κ2) is 10.2. The van der Waals surface area contributed by atoms with Gasteiger partial charge in [0.15, 0.2) is 5.13 Å². The third-order valence-corrected chi connectivity index (χ3v) is 6.92. The van der Waals surface area contributed by atoms with Gasteiger partial charge in [0.2, 0.25) is 0 Å². The maximum Gasteiger partial charge on any atom is 0.260 e. The number of thiazole rings is 1. The highest BCUT2D eigenvalue weighted by Gasteiger charge is 2.27. The molecule has 1 unspecified atom stereocenters. The van der Waals surface area contributed by atoms with E-state index in [-0.39, 0.29) is 17.4 Å². The van der Waals surface area contributed by atoms with Gasteiger partial charge in [-0.2, -0.15) is 0 Å². The first-order chi connectivity index (χ1) is 16.3. The molecular formula is C27H32N2O4S. The summed E-state index contributed by atoms with van der Waals surface area (Å²) in [5, 5.41) is 2.59. The molecule has 180 valence electrons. The minimum absolute atomic E-state index is 0.0107. The van der Waals surface area contributed by atoms with Gasteiger partial charge in [0.1, 0.15) is 11.5 Å². The van der Waals surface area contributed by atoms with Gasteiger partial charge >= 0.3 is 0 Å². The third-order valence-electron chi connectivity index (χ3n) is 6.06. The highest BCUT2D eigenvalue weighted by molar-refractivity contribution is 7.14. The zero-order chi connectivity index (χ0) is 24.3. The SMILES string of the molecule is COc1ccc(OC)c(-c2csc(N(CC3CCCO3)C(=O)c3ccc(C(C)(C)C)cc3)n2)c1. The molecule has 3 aromatic rings. The topological polar surface area (TPSA) is 60.9 Å². The van der Waals surface area contributed by atoms with E-state index < -0.39 is 0 Å². The Kier molecular flexibility index (Phi) is 7.24. The van der Waals surface area contributed by atoms with Gasteiger partial charge in [-0.1, -0.05) is 32.9 Å². The van der Waals surface area contributed by atoms with Crippen molar-refractivity contribution in [2.45, 2.75) is 45.1 Å². The Morgan fingerprint density at radius 3 is 2.53 bits per heavy atom. The zero-order valence-corrected chi connectivity index (χ0v) is 21.3. The molecule has 0 bridgehead atoms. The van der Waals surface area contributed by atoms with E-state index in [1.54, 1.807) is 19.1 Å². The van der Waals surface area contributed by atoms with Gasteiger partial charge in [-0.15, -0.1) is 11.3 Å². The summed E-state index contributed by atoms with van der Waals surface area (Å²) in [5.74, 6) is 1.35. The molecule has 6 nitrogen and oxygen atoms in total. The monoisotopic (exact) mass is 480 g/mol. The second-order valence-corrected chi connectivity index (χ2v) is 10.3. The van der Waals surface area contributed by atoms with Gasteiger partial charge in [0.25, 0.3) is 5.91 Å². The summed E-state index contributed by atoms with van der Waals surface area (Å²) in [6, 6.07) is 13.5. The number of carbonyl (C=O) groups excluding carboxylic acids is 1. The molecule has 2 aromatic carbocycles. The molecule has 1 saturated heterocycles. The molecule has 7 heteroatoms. The van der Waals surface area contributed by atoms with Crippen LogP contribution in [0.5, 0.6) is 11.5 Å². The summed E-state index contributed by atoms with van der Waals surface area (Å²) in [4.78, 5) is 20.3. The van der Waals surface area contributed by atoms with E-state index in [0.717, 1.165) is 36.5 Å². The first-order valence-corrected chi connectivity index (χ1v) is 12.4. The van der Waals surface area contributed by atoms with Gasteiger partial charge in [0.05, 0.1) is 32.6 Å². The molecule has 4 rings (SSSR count). The van der Waals surface area contributed by atoms with E-state index in [0.29, 0.717) is 23.0 Å². The standard InChI is InChI=1S/C27H32N2O4S/c1-27(2,3)19-10-8-18(9-11-19)25(30)29(16-21-7-6-14-33-21)26-28-23(17-34-26)22-15-20(31-4)12-13-24(22)32-5/h8-13,15,17,21H,6-7,14,16H2,1-5H3. The van der Waals surface area contributed by atoms with Crippen LogP contribution in [-0.4, -0.2) is 44.4 Å². The summed E-state index contributed by atoms with van der Waals surface area (Å²) in [7, 11) is 3.26. The number of nitrogens with zero attached hydrogens (tertiary/aromatic N) is 2. The molecule has 1 aliphatic rings. The molecular weight excluding hydrogens is 448 g/mol. The average Bonchev–Trinajstić information content (AvgIpc) is 3.53. The van der Waals surface area contributed by atoms with Crippen molar-refractivity contribution in [2.24, 2.45) is 0 Å². The van der Waals surface area contributed by atoms with Crippen LogP contribution in [0, 0.1) is 0 Å². The van der Waals surface area contributed by atoms with Crippen LogP contribution in [0.2, 0.25) is 0 Å². The second-order valence-electron chi connectivity index (χ2n) is 9.46. The van der Waals surface area contributed by atoms with Crippen molar-refractivity contribution in [1.82, 2.24) is 4.98 Å². The number of rotatable bonds is 7. The lowest BCUT2D eigenvalue weighted by Crippen LogP contribution is -2.37. The van der Waals surface area contributed by atoms with Crippen LogP contribution >= 0.6 is 11.3 Å². The van der Waals surface area contributed by atoms with Crippen molar-refractivity contribution in [2.75, 3.05) is 32.3 Å². The zero-order valence-electron chi connectivity index (χ0n) is 20.5. The van der Waals surface area contributed by atoms with Crippen LogP contribution < -0.4 is 14.4 Å². The Balaban J connectivity index is 1.67. The lowest BCUT2D eigenvalue weighted by Gasteiger charge is -2.24. The Bertz CT molecular complexity index is 1130. The third kappa shape index (κ3) is 5.26. The number of ether oxygens (including phenoxy) is 3. The largest absolute Gasteiger partial charge is 0.497 e. The Labute approximate surface area is 205 Å². The van der Waals surface area contributed by atoms with E-state index in [1.165, 1.54) is 16.9 Å². The van der Waals surface area contributed by atoms with Crippen LogP contribution in [0.3, 0.4) is 0 Å². The quantitative estimate of drug-likeness (QED) is 0.418. The molecule has 0 spiro atoms. The molecule has 1 fully saturated rings. The van der Waals surface area contributed by atoms with Crippen LogP contribution in [0.25, 0.3) is 11.3 Å². The van der Waals surface area contributed by atoms with Crippen LogP contribution in [-0.2, 0) is 10.2 Å². The minimum atomic E-state index is -0.0746. The number of amides is 1. The number of methoxy groups -OCH3 is 2. The predicted molar refractivity (Wildman–Crippen MR) is 136 cm³/mol. The highest BCUT2D eigenvalue weighted by atomic mass is 32.1. The molecule has 2 heterocycles. The molecule has 1 amide bonds. The number of hydrogen-bond acceptors (Lipinski definition) is 6. The number of hydrogen-bond donors (Lipinski definition) is 0. The van der Waals surface area contributed by atoms with E-state index in [1.807, 2.05) is 47.8 Å². The van der Waals surface area contributed by atoms with Gasteiger partial charge in [-0.25, -0.2) is 4.98 Å². The fraction of sp³-hybridized carbons (Fsp3) is 0.407. The van der Waals surface area contributed by atoms with E-state index in [9.17, 15) is 4.79 Å². The first-order valence-electron chi connectivity index (χ1n) is 11.5. The fourth-order valence-corrected chi connectivity index (χ4v) is 4.87. The molecule has 0 N–H and O–H groups in total. The van der Waals surface area contributed by atoms with Crippen molar-refractivity contribution in [1.29, 1.82) is 0 Å². The van der Waals surface area contributed by atoms with E-state index in [4.69, 9.17) is 19.2 Å². The van der Waals surface area contributed by atoms with Crippen molar-refractivity contribution >= 4 is 22.4 Å². The normalized spacial score (nSPS) is 15.9. The number of carbonyl (C=O) groups is 1. The summed E-state index contributed by atoms with van der Waals surface area (Å²) in [6.45, 7) is 7.70. The lowest BCUT2D eigenvalue weighted by molar-refractivity contribution is 0.0917. The van der Waals surface area contributed by atoms with Crippen molar-refractivity contribution in [3.8, 4) is 22.8 Å². The molecule has 0 aliphatic carbocycles. The van der Waals surface area contributed by atoms with Gasteiger partial charge in [-0.3, -0.25) is 9.69 Å². The minimum Gasteiger partial charge on any atom is -0.497 e. The van der Waals surface area contributed by atoms with Crippen molar-refractivity contribution < 1.29 is 19.0 Å². The first kappa shape index (κ1) is 24.2. The summed E-state index contributed by atoms with van der Waals surface area (Å²) in [5.41, 5.74) is 3.42. The van der Waals surface area contributed by atoms with E-state index in [2.05, 4.69) is 20.8 Å². The van der Waals surface area contributed by atoms with Crippen LogP contribution in [0.1, 0.15) is 49.5 Å². The van der Waals surface area contributed by atoms with Gasteiger partial charge < -0.3 is 14.2 Å². The molecule has 0 radical (unpaired) electrons. The summed E-state index contributed by atoms with van der Waals surface area (Å²) in [6.07, 6.45) is 1.96. The van der Waals surface area contributed by atoms with E-state index >= 15 is 0 Å². The van der Waals surface area contributed by atoms with Gasteiger partial charge in [0, 0.05) is 23.1 Å². The summed E-state index contributed by atoms with van der Waals surface area (Å²) < 4.78 is 16.8. The summed E-state index contributed by atoms with van der Waals surface area (Å²) >= 11 is 1.44. The fourth-order valence-electron chi connectivity index (χ4n) is 4.03. The van der Waals surface area contributed by atoms with Crippen molar-refractivity contribution in [3.05, 3.63) is 59.0 Å². The number of aromatic nitrogens is 1.